The number of rotatable bonds is 7. The normalized spacial score (nSPS) is 16.2. The zero-order valence-corrected chi connectivity index (χ0v) is 21.2. The zero-order valence-electron chi connectivity index (χ0n) is 19.7. The number of nitrogens with zero attached hydrogens (tertiary/aromatic N) is 1. The van der Waals surface area contributed by atoms with E-state index in [-0.39, 0.29) is 11.8 Å². The molecule has 0 unspecified atom stereocenters. The number of para-hydroxylation sites is 1. The SMILES string of the molecule is Cc1ccc(C)c(CN2C(=O)[C@@H]([C@H](C)C(=O)NCCc3ccc(Cl)cc3)Sc3ccccc32)c1. The first-order valence-corrected chi connectivity index (χ1v) is 12.7. The number of carbonyl (C=O) groups is 2. The zero-order chi connectivity index (χ0) is 24.2. The summed E-state index contributed by atoms with van der Waals surface area (Å²) in [7, 11) is 0. The molecule has 3 aromatic rings. The minimum atomic E-state index is -0.476. The predicted octanol–water partition coefficient (Wildman–Crippen LogP) is 5.96. The molecule has 0 bridgehead atoms. The Morgan fingerprint density at radius 2 is 1.82 bits per heavy atom. The van der Waals surface area contributed by atoms with Gasteiger partial charge in [0.15, 0.2) is 0 Å². The number of anilines is 1. The molecule has 0 fully saturated rings. The number of thioether (sulfide) groups is 1. The van der Waals surface area contributed by atoms with Crippen molar-refractivity contribution in [2.24, 2.45) is 5.92 Å². The molecule has 0 spiro atoms. The second-order valence-electron chi connectivity index (χ2n) is 8.82. The van der Waals surface area contributed by atoms with Gasteiger partial charge >= 0.3 is 0 Å². The van der Waals surface area contributed by atoms with Crippen LogP contribution in [0.1, 0.15) is 29.2 Å². The third-order valence-electron chi connectivity index (χ3n) is 6.25. The third-order valence-corrected chi connectivity index (χ3v) is 7.96. The Bertz CT molecular complexity index is 1200. The molecule has 2 atom stereocenters. The highest BCUT2D eigenvalue weighted by Gasteiger charge is 2.39. The monoisotopic (exact) mass is 492 g/mol. The molecule has 0 saturated heterocycles. The maximum Gasteiger partial charge on any atom is 0.241 e. The van der Waals surface area contributed by atoms with Gasteiger partial charge in [0.1, 0.15) is 5.25 Å². The van der Waals surface area contributed by atoms with E-state index in [0.29, 0.717) is 24.5 Å². The lowest BCUT2D eigenvalue weighted by Crippen LogP contribution is -2.47. The molecule has 6 heteroatoms. The number of carbonyl (C=O) groups excluding carboxylic acids is 2. The molecular formula is C28H29ClN2O2S. The first-order chi connectivity index (χ1) is 16.3. The molecule has 1 N–H and O–H groups in total. The molecule has 34 heavy (non-hydrogen) atoms. The summed E-state index contributed by atoms with van der Waals surface area (Å²) in [5.74, 6) is -0.590. The van der Waals surface area contributed by atoms with E-state index >= 15 is 0 Å². The van der Waals surface area contributed by atoms with E-state index in [2.05, 4.69) is 37.4 Å². The largest absolute Gasteiger partial charge is 0.355 e. The van der Waals surface area contributed by atoms with Crippen LogP contribution in [0.5, 0.6) is 0 Å². The van der Waals surface area contributed by atoms with Crippen LogP contribution >= 0.6 is 23.4 Å². The van der Waals surface area contributed by atoms with Crippen molar-refractivity contribution in [3.05, 3.63) is 94.0 Å². The highest BCUT2D eigenvalue weighted by Crippen LogP contribution is 2.42. The van der Waals surface area contributed by atoms with Gasteiger partial charge in [-0.2, -0.15) is 0 Å². The van der Waals surface area contributed by atoms with E-state index in [0.717, 1.165) is 32.8 Å². The topological polar surface area (TPSA) is 49.4 Å². The average Bonchev–Trinajstić information content (AvgIpc) is 2.83. The van der Waals surface area contributed by atoms with Crippen molar-refractivity contribution in [3.8, 4) is 0 Å². The van der Waals surface area contributed by atoms with E-state index in [1.54, 1.807) is 0 Å². The minimum Gasteiger partial charge on any atom is -0.355 e. The molecule has 176 valence electrons. The standard InChI is InChI=1S/C28H29ClN2O2S/c1-18-8-9-19(2)22(16-18)17-31-24-6-4-5-7-25(24)34-26(28(31)33)20(3)27(32)30-15-14-21-10-12-23(29)13-11-21/h4-13,16,20,26H,14-15,17H2,1-3H3,(H,30,32)/t20-,26+/m0/s1. The van der Waals surface area contributed by atoms with Crippen LogP contribution in [0.3, 0.4) is 0 Å². The van der Waals surface area contributed by atoms with Crippen molar-refractivity contribution in [1.82, 2.24) is 5.32 Å². The summed E-state index contributed by atoms with van der Waals surface area (Å²) in [6, 6.07) is 21.9. The van der Waals surface area contributed by atoms with Crippen LogP contribution in [-0.4, -0.2) is 23.6 Å². The first-order valence-electron chi connectivity index (χ1n) is 11.5. The maximum absolute atomic E-state index is 13.7. The average molecular weight is 493 g/mol. The van der Waals surface area contributed by atoms with E-state index in [1.807, 2.05) is 60.4 Å². The van der Waals surface area contributed by atoms with Crippen LogP contribution in [0.25, 0.3) is 0 Å². The number of aryl methyl sites for hydroxylation is 2. The fraction of sp³-hybridized carbons (Fsp3) is 0.286. The molecule has 0 radical (unpaired) electrons. The van der Waals surface area contributed by atoms with E-state index in [9.17, 15) is 9.59 Å². The number of benzene rings is 3. The lowest BCUT2D eigenvalue weighted by atomic mass is 10.0. The predicted molar refractivity (Wildman–Crippen MR) is 141 cm³/mol. The fourth-order valence-electron chi connectivity index (χ4n) is 4.14. The Hall–Kier alpha value is -2.76. The van der Waals surface area contributed by atoms with Crippen molar-refractivity contribution in [2.75, 3.05) is 11.4 Å². The van der Waals surface area contributed by atoms with Crippen LogP contribution in [0, 0.1) is 19.8 Å². The number of nitrogens with one attached hydrogen (secondary N) is 1. The molecule has 4 rings (SSSR count). The van der Waals surface area contributed by atoms with Gasteiger partial charge < -0.3 is 10.2 Å². The van der Waals surface area contributed by atoms with Gasteiger partial charge in [0.25, 0.3) is 0 Å². The molecular weight excluding hydrogens is 464 g/mol. The second-order valence-corrected chi connectivity index (χ2v) is 10.4. The second kappa shape index (κ2) is 10.7. The first kappa shape index (κ1) is 24.4. The van der Waals surface area contributed by atoms with Gasteiger partial charge in [0, 0.05) is 16.5 Å². The van der Waals surface area contributed by atoms with Gasteiger partial charge in [-0.3, -0.25) is 9.59 Å². The van der Waals surface area contributed by atoms with Crippen LogP contribution in [0.15, 0.2) is 71.6 Å². The Kier molecular flexibility index (Phi) is 7.64. The van der Waals surface area contributed by atoms with E-state index in [4.69, 9.17) is 11.6 Å². The molecule has 0 saturated carbocycles. The summed E-state index contributed by atoms with van der Waals surface area (Å²) in [6.45, 7) is 6.98. The Morgan fingerprint density at radius 1 is 1.09 bits per heavy atom. The maximum atomic E-state index is 13.7. The minimum absolute atomic E-state index is 0.0232. The molecule has 0 aromatic heterocycles. The van der Waals surface area contributed by atoms with Gasteiger partial charge in [0.05, 0.1) is 18.2 Å². The lowest BCUT2D eigenvalue weighted by molar-refractivity contribution is -0.128. The van der Waals surface area contributed by atoms with Crippen LogP contribution < -0.4 is 10.2 Å². The van der Waals surface area contributed by atoms with Crippen LogP contribution in [-0.2, 0) is 22.6 Å². The van der Waals surface area contributed by atoms with Gasteiger partial charge in [-0.1, -0.05) is 66.6 Å². The van der Waals surface area contributed by atoms with Crippen molar-refractivity contribution >= 4 is 40.9 Å². The number of amides is 2. The summed E-state index contributed by atoms with van der Waals surface area (Å²) >= 11 is 7.43. The van der Waals surface area contributed by atoms with Crippen molar-refractivity contribution < 1.29 is 9.59 Å². The number of hydrogen-bond donors (Lipinski definition) is 1. The number of hydrogen-bond acceptors (Lipinski definition) is 3. The van der Waals surface area contributed by atoms with Crippen molar-refractivity contribution in [2.45, 2.75) is 43.9 Å². The van der Waals surface area contributed by atoms with Gasteiger partial charge in [-0.25, -0.2) is 0 Å². The van der Waals surface area contributed by atoms with E-state index < -0.39 is 11.2 Å². The van der Waals surface area contributed by atoms with E-state index in [1.165, 1.54) is 11.8 Å². The number of fused-ring (bicyclic) bond motifs is 1. The molecule has 1 heterocycles. The van der Waals surface area contributed by atoms with Crippen LogP contribution in [0.2, 0.25) is 5.02 Å². The summed E-state index contributed by atoms with van der Waals surface area (Å²) in [4.78, 5) is 29.5. The molecule has 2 amide bonds. The third kappa shape index (κ3) is 5.48. The molecule has 1 aliphatic heterocycles. The summed E-state index contributed by atoms with van der Waals surface area (Å²) in [5, 5.41) is 3.23. The highest BCUT2D eigenvalue weighted by molar-refractivity contribution is 8.01. The Labute approximate surface area is 210 Å². The fourth-order valence-corrected chi connectivity index (χ4v) is 5.55. The molecule has 0 aliphatic carbocycles. The summed E-state index contributed by atoms with van der Waals surface area (Å²) in [6.07, 6.45) is 0.711. The summed E-state index contributed by atoms with van der Waals surface area (Å²) in [5.41, 5.74) is 5.45. The molecule has 1 aliphatic rings. The molecule has 3 aromatic carbocycles. The Balaban J connectivity index is 1.49. The lowest BCUT2D eigenvalue weighted by Gasteiger charge is -2.36. The van der Waals surface area contributed by atoms with Gasteiger partial charge in [-0.05, 0) is 61.2 Å². The highest BCUT2D eigenvalue weighted by atomic mass is 35.5. The van der Waals surface area contributed by atoms with Gasteiger partial charge in [-0.15, -0.1) is 11.8 Å². The van der Waals surface area contributed by atoms with Gasteiger partial charge in [0.2, 0.25) is 11.8 Å². The van der Waals surface area contributed by atoms with Crippen LogP contribution in [0.4, 0.5) is 5.69 Å². The van der Waals surface area contributed by atoms with Crippen molar-refractivity contribution in [3.63, 3.8) is 0 Å². The Morgan fingerprint density at radius 3 is 2.59 bits per heavy atom. The number of halogens is 1. The molecule has 4 nitrogen and oxygen atoms in total. The quantitative estimate of drug-likeness (QED) is 0.442. The summed E-state index contributed by atoms with van der Waals surface area (Å²) < 4.78 is 0. The van der Waals surface area contributed by atoms with Crippen molar-refractivity contribution in [1.29, 1.82) is 0 Å². The smallest absolute Gasteiger partial charge is 0.241 e.